The van der Waals surface area contributed by atoms with E-state index in [1.807, 2.05) is 45.9 Å². The van der Waals surface area contributed by atoms with Crippen LogP contribution in [0.2, 0.25) is 0 Å². The average Bonchev–Trinajstić information content (AvgIpc) is 3.39. The Morgan fingerprint density at radius 2 is 2.16 bits per heavy atom. The molecule has 0 radical (unpaired) electrons. The summed E-state index contributed by atoms with van der Waals surface area (Å²) in [6.07, 6.45) is 0.0369. The number of hydrogen-bond acceptors (Lipinski definition) is 8. The molecular formula is C27H33N3O6S. The second-order valence-electron chi connectivity index (χ2n) is 9.92. The number of ether oxygens (including phenoxy) is 4. The number of nitrogens with zero attached hydrogens (tertiary/aromatic N) is 2. The number of nitrogens with one attached hydrogen (secondary N) is 1. The molecule has 1 unspecified atom stereocenters. The molecule has 2 aliphatic rings. The fraction of sp³-hybridized carbons (Fsp3) is 0.519. The van der Waals surface area contributed by atoms with Crippen LogP contribution in [0.1, 0.15) is 60.2 Å². The first-order valence-electron chi connectivity index (χ1n) is 12.3. The minimum atomic E-state index is -0.674. The number of rotatable bonds is 7. The summed E-state index contributed by atoms with van der Waals surface area (Å²) in [4.78, 5) is 28.1. The second kappa shape index (κ2) is 11.1. The number of carbonyl (C=O) groups excluding carboxylic acids is 2. The van der Waals surface area contributed by atoms with E-state index in [2.05, 4.69) is 11.4 Å². The van der Waals surface area contributed by atoms with Crippen LogP contribution in [0.4, 0.5) is 9.80 Å². The van der Waals surface area contributed by atoms with Gasteiger partial charge in [-0.1, -0.05) is 24.6 Å². The highest BCUT2D eigenvalue weighted by atomic mass is 32.1. The van der Waals surface area contributed by atoms with Crippen molar-refractivity contribution in [2.45, 2.75) is 64.9 Å². The van der Waals surface area contributed by atoms with Gasteiger partial charge >= 0.3 is 6.09 Å². The van der Waals surface area contributed by atoms with Crippen molar-refractivity contribution in [1.82, 2.24) is 4.90 Å². The zero-order valence-electron chi connectivity index (χ0n) is 21.9. The van der Waals surface area contributed by atoms with E-state index in [4.69, 9.17) is 18.9 Å². The quantitative estimate of drug-likeness (QED) is 0.555. The van der Waals surface area contributed by atoms with Gasteiger partial charge in [0.2, 0.25) is 5.91 Å². The molecule has 0 spiro atoms. The molecule has 2 aromatic rings. The minimum absolute atomic E-state index is 0.0694. The Kier molecular flexibility index (Phi) is 8.07. The molecule has 1 aromatic carbocycles. The van der Waals surface area contributed by atoms with E-state index in [0.29, 0.717) is 36.7 Å². The van der Waals surface area contributed by atoms with Crippen LogP contribution >= 0.6 is 11.3 Å². The van der Waals surface area contributed by atoms with Gasteiger partial charge in [0, 0.05) is 17.8 Å². The lowest BCUT2D eigenvalue weighted by atomic mass is 9.95. The number of amides is 2. The standard InChI is InChI=1S/C27H33N3O6S/c1-16-6-7-22(33-5)20(10-16)17(2)11-24(31)29-25-21(12-28)19-8-9-30(13-23(19)37-25)26(32)34-14-18-15-35-27(3,4)36-18/h6-7,10,17-18H,8-9,11,13-15H2,1-5H3,(H,29,31)/t17-,18?/m0/s1. The SMILES string of the molecule is COc1ccc(C)cc1[C@@H](C)CC(=O)Nc1sc2c(c1C#N)CCN(C(=O)OCC1COC(C)(C)O1)C2. The fourth-order valence-electron chi connectivity index (χ4n) is 4.67. The summed E-state index contributed by atoms with van der Waals surface area (Å²) in [5.41, 5.74) is 3.42. The minimum Gasteiger partial charge on any atom is -0.496 e. The van der Waals surface area contributed by atoms with E-state index in [1.165, 1.54) is 11.3 Å². The number of nitriles is 1. The number of methoxy groups -OCH3 is 1. The van der Waals surface area contributed by atoms with E-state index >= 15 is 0 Å². The molecule has 1 saturated heterocycles. The maximum absolute atomic E-state index is 12.9. The van der Waals surface area contributed by atoms with Crippen molar-refractivity contribution in [2.24, 2.45) is 0 Å². The molecule has 2 amide bonds. The number of benzene rings is 1. The van der Waals surface area contributed by atoms with Crippen LogP contribution in [-0.4, -0.2) is 55.7 Å². The lowest BCUT2D eigenvalue weighted by molar-refractivity contribution is -0.143. The number of aryl methyl sites for hydroxylation is 1. The van der Waals surface area contributed by atoms with Gasteiger partial charge in [-0.25, -0.2) is 4.79 Å². The van der Waals surface area contributed by atoms with Gasteiger partial charge in [-0.2, -0.15) is 5.26 Å². The van der Waals surface area contributed by atoms with Crippen LogP contribution in [0, 0.1) is 18.3 Å². The van der Waals surface area contributed by atoms with Crippen molar-refractivity contribution in [3.8, 4) is 11.8 Å². The maximum atomic E-state index is 12.9. The molecule has 9 nitrogen and oxygen atoms in total. The first-order valence-corrected chi connectivity index (χ1v) is 13.1. The Morgan fingerprint density at radius 3 is 2.84 bits per heavy atom. The number of fused-ring (bicyclic) bond motifs is 1. The Morgan fingerprint density at radius 1 is 1.38 bits per heavy atom. The molecule has 0 aliphatic carbocycles. The van der Waals surface area contributed by atoms with Crippen molar-refractivity contribution >= 4 is 28.3 Å². The van der Waals surface area contributed by atoms with Crippen LogP contribution in [0.5, 0.6) is 5.75 Å². The Balaban J connectivity index is 1.38. The molecule has 10 heteroatoms. The number of hydrogen-bond donors (Lipinski definition) is 1. The van der Waals surface area contributed by atoms with Gasteiger partial charge in [0.15, 0.2) is 5.79 Å². The third-order valence-corrected chi connectivity index (χ3v) is 7.68. The van der Waals surface area contributed by atoms with E-state index in [-0.39, 0.29) is 31.0 Å². The zero-order chi connectivity index (χ0) is 26.7. The molecule has 2 atom stereocenters. The predicted molar refractivity (Wildman–Crippen MR) is 139 cm³/mol. The third kappa shape index (κ3) is 6.24. The first-order chi connectivity index (χ1) is 17.6. The van der Waals surface area contributed by atoms with E-state index in [9.17, 15) is 14.9 Å². The summed E-state index contributed by atoms with van der Waals surface area (Å²) in [7, 11) is 1.62. The average molecular weight is 528 g/mol. The van der Waals surface area contributed by atoms with Crippen LogP contribution < -0.4 is 10.1 Å². The summed E-state index contributed by atoms with van der Waals surface area (Å²) >= 11 is 1.34. The lowest BCUT2D eigenvalue weighted by Crippen LogP contribution is -2.37. The van der Waals surface area contributed by atoms with Gasteiger partial charge < -0.3 is 29.2 Å². The summed E-state index contributed by atoms with van der Waals surface area (Å²) in [6.45, 7) is 8.87. The predicted octanol–water partition coefficient (Wildman–Crippen LogP) is 4.72. The van der Waals surface area contributed by atoms with Gasteiger partial charge in [0.05, 0.1) is 25.8 Å². The van der Waals surface area contributed by atoms with E-state index in [0.717, 1.165) is 27.3 Å². The van der Waals surface area contributed by atoms with Gasteiger partial charge in [0.25, 0.3) is 0 Å². The molecule has 1 N–H and O–H groups in total. The van der Waals surface area contributed by atoms with E-state index in [1.54, 1.807) is 12.0 Å². The molecule has 2 aliphatic heterocycles. The van der Waals surface area contributed by atoms with Crippen molar-refractivity contribution in [1.29, 1.82) is 5.26 Å². The highest BCUT2D eigenvalue weighted by molar-refractivity contribution is 7.16. The summed E-state index contributed by atoms with van der Waals surface area (Å²) in [5, 5.41) is 13.3. The largest absolute Gasteiger partial charge is 0.496 e. The molecule has 198 valence electrons. The van der Waals surface area contributed by atoms with Gasteiger partial charge in [-0.05, 0) is 50.3 Å². The molecule has 0 saturated carbocycles. The Bertz CT molecular complexity index is 1220. The molecule has 3 heterocycles. The highest BCUT2D eigenvalue weighted by Gasteiger charge is 2.34. The van der Waals surface area contributed by atoms with Gasteiger partial charge in [0.1, 0.15) is 29.5 Å². The van der Waals surface area contributed by atoms with Crippen molar-refractivity contribution < 1.29 is 28.5 Å². The molecule has 1 aromatic heterocycles. The summed E-state index contributed by atoms with van der Waals surface area (Å²) in [6, 6.07) is 8.16. The highest BCUT2D eigenvalue weighted by Crippen LogP contribution is 2.37. The smallest absolute Gasteiger partial charge is 0.410 e. The number of anilines is 1. The molecule has 4 rings (SSSR count). The number of thiophene rings is 1. The van der Waals surface area contributed by atoms with Crippen LogP contribution in [-0.2, 0) is 32.0 Å². The van der Waals surface area contributed by atoms with Gasteiger partial charge in [-0.3, -0.25) is 4.79 Å². The molecular weight excluding hydrogens is 494 g/mol. The molecule has 1 fully saturated rings. The normalized spacial score (nSPS) is 19.0. The monoisotopic (exact) mass is 527 g/mol. The fourth-order valence-corrected chi connectivity index (χ4v) is 5.90. The van der Waals surface area contributed by atoms with Crippen LogP contribution in [0.15, 0.2) is 18.2 Å². The second-order valence-corrected chi connectivity index (χ2v) is 11.0. The summed E-state index contributed by atoms with van der Waals surface area (Å²) in [5.74, 6) is -0.172. The summed E-state index contributed by atoms with van der Waals surface area (Å²) < 4.78 is 22.1. The van der Waals surface area contributed by atoms with E-state index < -0.39 is 11.9 Å². The molecule has 37 heavy (non-hydrogen) atoms. The Hall–Kier alpha value is -3.13. The van der Waals surface area contributed by atoms with Crippen LogP contribution in [0.3, 0.4) is 0 Å². The van der Waals surface area contributed by atoms with Gasteiger partial charge in [-0.15, -0.1) is 11.3 Å². The van der Waals surface area contributed by atoms with Crippen molar-refractivity contribution in [3.05, 3.63) is 45.3 Å². The third-order valence-electron chi connectivity index (χ3n) is 6.55. The first kappa shape index (κ1) is 26.9. The topological polar surface area (TPSA) is 110 Å². The molecule has 0 bridgehead atoms. The Labute approximate surface area is 221 Å². The lowest BCUT2D eigenvalue weighted by Gasteiger charge is -2.26. The number of carbonyl (C=O) groups is 2. The van der Waals surface area contributed by atoms with Crippen LogP contribution in [0.25, 0.3) is 0 Å². The maximum Gasteiger partial charge on any atom is 0.410 e. The zero-order valence-corrected chi connectivity index (χ0v) is 22.7. The van der Waals surface area contributed by atoms with Crippen molar-refractivity contribution in [3.63, 3.8) is 0 Å². The van der Waals surface area contributed by atoms with Crippen molar-refractivity contribution in [2.75, 3.05) is 32.2 Å².